The Morgan fingerprint density at radius 3 is 2.70 bits per heavy atom. The highest BCUT2D eigenvalue weighted by molar-refractivity contribution is 7.91. The Morgan fingerprint density at radius 1 is 1.26 bits per heavy atom. The van der Waals surface area contributed by atoms with Crippen molar-refractivity contribution in [3.05, 3.63) is 48.0 Å². The number of imidazole rings is 1. The van der Waals surface area contributed by atoms with Crippen LogP contribution in [0.1, 0.15) is 43.5 Å². The van der Waals surface area contributed by atoms with E-state index in [2.05, 4.69) is 16.5 Å². The number of aromatic nitrogens is 2. The van der Waals surface area contributed by atoms with Crippen molar-refractivity contribution in [1.29, 1.82) is 0 Å². The van der Waals surface area contributed by atoms with Crippen molar-refractivity contribution in [1.82, 2.24) is 14.5 Å². The third-order valence-electron chi connectivity index (χ3n) is 5.19. The summed E-state index contributed by atoms with van der Waals surface area (Å²) >= 11 is 0. The number of likely N-dealkylation sites (tertiary alicyclic amines) is 1. The smallest absolute Gasteiger partial charge is 0.223 e. The molecule has 7 heteroatoms. The Hall–Kier alpha value is -2.15. The lowest BCUT2D eigenvalue weighted by atomic mass is 9.97. The molecule has 1 atom stereocenters. The second-order valence-electron chi connectivity index (χ2n) is 7.13. The zero-order valence-electron chi connectivity index (χ0n) is 16.0. The van der Waals surface area contributed by atoms with E-state index >= 15 is 0 Å². The van der Waals surface area contributed by atoms with E-state index in [-0.39, 0.29) is 28.9 Å². The van der Waals surface area contributed by atoms with Gasteiger partial charge in [-0.25, -0.2) is 13.4 Å². The van der Waals surface area contributed by atoms with Gasteiger partial charge in [-0.1, -0.05) is 17.7 Å². The van der Waals surface area contributed by atoms with Gasteiger partial charge in [0.15, 0.2) is 9.84 Å². The van der Waals surface area contributed by atoms with Gasteiger partial charge in [0.25, 0.3) is 0 Å². The van der Waals surface area contributed by atoms with Gasteiger partial charge in [-0.3, -0.25) is 4.79 Å². The van der Waals surface area contributed by atoms with E-state index in [0.717, 1.165) is 30.8 Å². The first-order valence-corrected chi connectivity index (χ1v) is 11.1. The van der Waals surface area contributed by atoms with Crippen LogP contribution < -0.4 is 0 Å². The van der Waals surface area contributed by atoms with Crippen LogP contribution in [0.4, 0.5) is 0 Å². The molecule has 0 spiro atoms. The first-order valence-electron chi connectivity index (χ1n) is 9.49. The van der Waals surface area contributed by atoms with Crippen LogP contribution in [0.3, 0.4) is 0 Å². The fourth-order valence-electron chi connectivity index (χ4n) is 3.61. The summed E-state index contributed by atoms with van der Waals surface area (Å²) in [6.07, 6.45) is 5.70. The molecule has 1 aliphatic rings. The topological polar surface area (TPSA) is 72.3 Å². The monoisotopic (exact) mass is 389 g/mol. The average molecular weight is 390 g/mol. The maximum Gasteiger partial charge on any atom is 0.223 e. The fourth-order valence-corrected chi connectivity index (χ4v) is 4.84. The lowest BCUT2D eigenvalue weighted by Crippen LogP contribution is -2.40. The molecule has 0 aliphatic carbocycles. The van der Waals surface area contributed by atoms with E-state index in [0.29, 0.717) is 13.1 Å². The summed E-state index contributed by atoms with van der Waals surface area (Å²) in [6, 6.07) is 6.77. The normalized spacial score (nSPS) is 17.9. The fraction of sp³-hybridized carbons (Fsp3) is 0.500. The average Bonchev–Trinajstić information content (AvgIpc) is 3.15. The molecule has 1 aromatic heterocycles. The zero-order chi connectivity index (χ0) is 19.4. The highest BCUT2D eigenvalue weighted by Crippen LogP contribution is 2.26. The van der Waals surface area contributed by atoms with Crippen molar-refractivity contribution in [2.45, 2.75) is 50.5 Å². The van der Waals surface area contributed by atoms with Crippen LogP contribution >= 0.6 is 0 Å². The van der Waals surface area contributed by atoms with Crippen molar-refractivity contribution in [2.75, 3.05) is 18.8 Å². The Labute approximate surface area is 161 Å². The Kier molecular flexibility index (Phi) is 5.99. The van der Waals surface area contributed by atoms with E-state index in [1.807, 2.05) is 13.1 Å². The van der Waals surface area contributed by atoms with Gasteiger partial charge in [0.05, 0.1) is 10.6 Å². The number of sulfone groups is 1. The molecular formula is C20H27N3O3S. The van der Waals surface area contributed by atoms with Crippen molar-refractivity contribution < 1.29 is 13.2 Å². The van der Waals surface area contributed by atoms with Gasteiger partial charge in [-0.15, -0.1) is 0 Å². The Morgan fingerprint density at radius 2 is 2.00 bits per heavy atom. The van der Waals surface area contributed by atoms with Crippen molar-refractivity contribution in [2.24, 2.45) is 0 Å². The molecule has 2 aromatic rings. The number of carbonyl (C=O) groups excluding carboxylic acids is 1. The molecule has 146 valence electrons. The van der Waals surface area contributed by atoms with Gasteiger partial charge in [0.1, 0.15) is 5.82 Å². The molecule has 0 bridgehead atoms. The zero-order valence-corrected chi connectivity index (χ0v) is 16.8. The molecule has 6 nitrogen and oxygen atoms in total. The van der Waals surface area contributed by atoms with Gasteiger partial charge in [0.2, 0.25) is 5.91 Å². The molecular weight excluding hydrogens is 362 g/mol. The van der Waals surface area contributed by atoms with E-state index in [1.165, 1.54) is 0 Å². The van der Waals surface area contributed by atoms with Crippen LogP contribution in [0.5, 0.6) is 0 Å². The van der Waals surface area contributed by atoms with Gasteiger partial charge in [-0.2, -0.15) is 0 Å². The summed E-state index contributed by atoms with van der Waals surface area (Å²) in [4.78, 5) is 19.2. The standard InChI is InChI=1S/C20H27N3O3S/c1-3-22-13-11-21-20(22)17-5-4-12-23(15-17)19(24)10-14-27(25,26)18-8-6-16(2)7-9-18/h6-9,11,13,17H,3-5,10,12,14-15H2,1-2H3/t17-/m1/s1. The number of hydrogen-bond donors (Lipinski definition) is 0. The number of benzene rings is 1. The van der Waals surface area contributed by atoms with Gasteiger partial charge < -0.3 is 9.47 Å². The predicted molar refractivity (Wildman–Crippen MR) is 104 cm³/mol. The van der Waals surface area contributed by atoms with Crippen LogP contribution in [-0.2, 0) is 21.2 Å². The Bertz CT molecular complexity index is 887. The highest BCUT2D eigenvalue weighted by atomic mass is 32.2. The maximum absolute atomic E-state index is 12.6. The van der Waals surface area contributed by atoms with Crippen molar-refractivity contribution in [3.63, 3.8) is 0 Å². The second kappa shape index (κ2) is 8.25. The number of rotatable bonds is 6. The molecule has 1 aromatic carbocycles. The van der Waals surface area contributed by atoms with Crippen molar-refractivity contribution >= 4 is 15.7 Å². The van der Waals surface area contributed by atoms with E-state index < -0.39 is 9.84 Å². The minimum Gasteiger partial charge on any atom is -0.342 e. The van der Waals surface area contributed by atoms with E-state index in [4.69, 9.17) is 0 Å². The quantitative estimate of drug-likeness (QED) is 0.762. The third-order valence-corrected chi connectivity index (χ3v) is 6.92. The lowest BCUT2D eigenvalue weighted by Gasteiger charge is -2.32. The number of amides is 1. The predicted octanol–water partition coefficient (Wildman–Crippen LogP) is 2.78. The molecule has 3 rings (SSSR count). The minimum atomic E-state index is -3.44. The second-order valence-corrected chi connectivity index (χ2v) is 9.24. The summed E-state index contributed by atoms with van der Waals surface area (Å²) in [5.74, 6) is 0.984. The molecule has 0 unspecified atom stereocenters. The largest absolute Gasteiger partial charge is 0.342 e. The van der Waals surface area contributed by atoms with Crippen LogP contribution in [0, 0.1) is 6.92 Å². The van der Waals surface area contributed by atoms with E-state index in [9.17, 15) is 13.2 Å². The number of hydrogen-bond acceptors (Lipinski definition) is 4. The molecule has 0 saturated carbocycles. The minimum absolute atomic E-state index is 0.0190. The first kappa shape index (κ1) is 19.6. The summed E-state index contributed by atoms with van der Waals surface area (Å²) in [7, 11) is -3.44. The highest BCUT2D eigenvalue weighted by Gasteiger charge is 2.28. The summed E-state index contributed by atoms with van der Waals surface area (Å²) < 4.78 is 27.1. The summed E-state index contributed by atoms with van der Waals surface area (Å²) in [5.41, 5.74) is 1.01. The van der Waals surface area contributed by atoms with Crippen LogP contribution in [0.2, 0.25) is 0 Å². The van der Waals surface area contributed by atoms with E-state index in [1.54, 1.807) is 35.4 Å². The molecule has 1 fully saturated rings. The molecule has 0 N–H and O–H groups in total. The molecule has 1 amide bonds. The number of nitrogens with zero attached hydrogens (tertiary/aromatic N) is 3. The Balaban J connectivity index is 1.61. The molecule has 0 radical (unpaired) electrons. The van der Waals surface area contributed by atoms with Gasteiger partial charge >= 0.3 is 0 Å². The number of piperidine rings is 1. The number of carbonyl (C=O) groups is 1. The third kappa shape index (κ3) is 4.58. The van der Waals surface area contributed by atoms with Crippen molar-refractivity contribution in [3.8, 4) is 0 Å². The van der Waals surface area contributed by atoms with Gasteiger partial charge in [-0.05, 0) is 38.8 Å². The maximum atomic E-state index is 12.6. The van der Waals surface area contributed by atoms with Crippen LogP contribution in [0.15, 0.2) is 41.6 Å². The van der Waals surface area contributed by atoms with Crippen LogP contribution in [0.25, 0.3) is 0 Å². The summed E-state index contributed by atoms with van der Waals surface area (Å²) in [5, 5.41) is 0. The molecule has 27 heavy (non-hydrogen) atoms. The molecule has 2 heterocycles. The molecule has 1 saturated heterocycles. The lowest BCUT2D eigenvalue weighted by molar-refractivity contribution is -0.132. The first-order chi connectivity index (χ1) is 12.9. The van der Waals surface area contributed by atoms with Gasteiger partial charge in [0, 0.05) is 44.4 Å². The SMILES string of the molecule is CCn1ccnc1[C@@H]1CCCN(C(=O)CCS(=O)(=O)c2ccc(C)cc2)C1. The summed E-state index contributed by atoms with van der Waals surface area (Å²) in [6.45, 7) is 6.14. The number of aryl methyl sites for hydroxylation is 2. The van der Waals surface area contributed by atoms with Crippen LogP contribution in [-0.4, -0.2) is 47.6 Å². The molecule has 1 aliphatic heterocycles.